The molecule has 0 saturated heterocycles. The van der Waals surface area contributed by atoms with Crippen LogP contribution < -0.4 is 5.73 Å². The predicted octanol–water partition coefficient (Wildman–Crippen LogP) is 4.59. The minimum absolute atomic E-state index is 0.109. The molecule has 0 bridgehead atoms. The molecule has 2 aromatic rings. The summed E-state index contributed by atoms with van der Waals surface area (Å²) < 4.78 is 27.5. The number of aryl methyl sites for hydroxylation is 3. The Morgan fingerprint density at radius 1 is 0.850 bits per heavy atom. The largest absolute Gasteiger partial charge is 0.320 e. The summed E-state index contributed by atoms with van der Waals surface area (Å²) in [5.74, 6) is -1.26. The molecule has 0 fully saturated rings. The molecule has 0 aliphatic rings. The summed E-state index contributed by atoms with van der Waals surface area (Å²) >= 11 is 5.56. The summed E-state index contributed by atoms with van der Waals surface area (Å²) in [6.07, 6.45) is 0. The Morgan fingerprint density at radius 2 is 1.45 bits per heavy atom. The van der Waals surface area contributed by atoms with Gasteiger partial charge in [0.15, 0.2) is 0 Å². The second-order valence-corrected chi connectivity index (χ2v) is 5.47. The van der Waals surface area contributed by atoms with E-state index in [1.807, 2.05) is 32.9 Å². The van der Waals surface area contributed by atoms with E-state index < -0.39 is 17.7 Å². The van der Waals surface area contributed by atoms with Crippen molar-refractivity contribution < 1.29 is 8.78 Å². The van der Waals surface area contributed by atoms with Gasteiger partial charge >= 0.3 is 0 Å². The monoisotopic (exact) mass is 295 g/mol. The highest BCUT2D eigenvalue weighted by Gasteiger charge is 2.18. The highest BCUT2D eigenvalue weighted by Crippen LogP contribution is 2.29. The molecule has 2 rings (SSSR count). The van der Waals surface area contributed by atoms with E-state index in [4.69, 9.17) is 17.3 Å². The summed E-state index contributed by atoms with van der Waals surface area (Å²) in [6, 6.07) is 5.22. The molecule has 2 aromatic carbocycles. The number of rotatable bonds is 2. The van der Waals surface area contributed by atoms with Crippen molar-refractivity contribution in [1.29, 1.82) is 0 Å². The van der Waals surface area contributed by atoms with Crippen LogP contribution in [-0.4, -0.2) is 0 Å². The number of halogens is 3. The first kappa shape index (κ1) is 14.9. The molecule has 0 spiro atoms. The lowest BCUT2D eigenvalue weighted by atomic mass is 9.92. The van der Waals surface area contributed by atoms with E-state index >= 15 is 0 Å². The minimum Gasteiger partial charge on any atom is -0.320 e. The Bertz CT molecular complexity index is 611. The lowest BCUT2D eigenvalue weighted by Gasteiger charge is -2.18. The van der Waals surface area contributed by atoms with E-state index in [1.165, 1.54) is 0 Å². The number of hydrogen-bond acceptors (Lipinski definition) is 1. The van der Waals surface area contributed by atoms with Crippen molar-refractivity contribution in [3.63, 3.8) is 0 Å². The van der Waals surface area contributed by atoms with Crippen molar-refractivity contribution in [3.05, 3.63) is 68.7 Å². The normalized spacial score (nSPS) is 12.6. The molecule has 0 radical (unpaired) electrons. The average molecular weight is 296 g/mol. The first-order valence-corrected chi connectivity index (χ1v) is 6.66. The molecule has 0 amide bonds. The quantitative estimate of drug-likeness (QED) is 0.806. The van der Waals surface area contributed by atoms with Crippen molar-refractivity contribution in [3.8, 4) is 0 Å². The molecular formula is C16H16ClF2N. The Balaban J connectivity index is 2.54. The summed E-state index contributed by atoms with van der Waals surface area (Å²) in [5, 5.41) is -0.241. The van der Waals surface area contributed by atoms with Gasteiger partial charge in [-0.2, -0.15) is 0 Å². The zero-order valence-corrected chi connectivity index (χ0v) is 12.4. The van der Waals surface area contributed by atoms with E-state index in [-0.39, 0.29) is 10.6 Å². The van der Waals surface area contributed by atoms with Gasteiger partial charge in [-0.15, -0.1) is 0 Å². The molecule has 0 saturated carbocycles. The van der Waals surface area contributed by atoms with Crippen LogP contribution in [-0.2, 0) is 0 Å². The van der Waals surface area contributed by atoms with Gasteiger partial charge in [-0.25, -0.2) is 8.78 Å². The van der Waals surface area contributed by atoms with Crippen molar-refractivity contribution in [2.45, 2.75) is 26.8 Å². The molecular weight excluding hydrogens is 280 g/mol. The third-order valence-electron chi connectivity index (χ3n) is 3.59. The second kappa shape index (κ2) is 5.51. The third kappa shape index (κ3) is 2.69. The topological polar surface area (TPSA) is 26.0 Å². The molecule has 0 aliphatic heterocycles. The smallest absolute Gasteiger partial charge is 0.142 e. The first-order chi connectivity index (χ1) is 9.31. The average Bonchev–Trinajstić information content (AvgIpc) is 2.37. The van der Waals surface area contributed by atoms with Gasteiger partial charge in [0.2, 0.25) is 0 Å². The van der Waals surface area contributed by atoms with Crippen LogP contribution in [0.1, 0.15) is 33.9 Å². The summed E-state index contributed by atoms with van der Waals surface area (Å²) in [4.78, 5) is 0. The SMILES string of the molecule is Cc1cc(C)c(C(N)c2cc(F)c(Cl)cc2F)cc1C. The maximum Gasteiger partial charge on any atom is 0.142 e. The van der Waals surface area contributed by atoms with Crippen molar-refractivity contribution in [2.24, 2.45) is 5.73 Å². The van der Waals surface area contributed by atoms with Crippen LogP contribution in [0.3, 0.4) is 0 Å². The van der Waals surface area contributed by atoms with Crippen LogP contribution in [0.5, 0.6) is 0 Å². The molecule has 1 atom stereocenters. The van der Waals surface area contributed by atoms with Crippen LogP contribution in [0.4, 0.5) is 8.78 Å². The summed E-state index contributed by atoms with van der Waals surface area (Å²) in [7, 11) is 0. The fraction of sp³-hybridized carbons (Fsp3) is 0.250. The molecule has 4 heteroatoms. The molecule has 0 aromatic heterocycles. The molecule has 1 unspecified atom stereocenters. The Morgan fingerprint density at radius 3 is 2.10 bits per heavy atom. The Hall–Kier alpha value is -1.45. The van der Waals surface area contributed by atoms with E-state index in [0.717, 1.165) is 34.4 Å². The second-order valence-electron chi connectivity index (χ2n) is 5.06. The highest BCUT2D eigenvalue weighted by atomic mass is 35.5. The van der Waals surface area contributed by atoms with Gasteiger partial charge in [-0.3, -0.25) is 0 Å². The van der Waals surface area contributed by atoms with E-state index in [2.05, 4.69) is 0 Å². The van der Waals surface area contributed by atoms with E-state index in [9.17, 15) is 8.78 Å². The molecule has 2 N–H and O–H groups in total. The molecule has 0 heterocycles. The van der Waals surface area contributed by atoms with Crippen LogP contribution >= 0.6 is 11.6 Å². The number of nitrogens with two attached hydrogens (primary N) is 1. The molecule has 20 heavy (non-hydrogen) atoms. The molecule has 1 nitrogen and oxygen atoms in total. The van der Waals surface area contributed by atoms with Gasteiger partial charge in [-0.05, 0) is 55.2 Å². The fourth-order valence-electron chi connectivity index (χ4n) is 2.26. The number of benzene rings is 2. The van der Waals surface area contributed by atoms with Gasteiger partial charge in [-0.1, -0.05) is 23.7 Å². The van der Waals surface area contributed by atoms with Gasteiger partial charge in [0.1, 0.15) is 11.6 Å². The van der Waals surface area contributed by atoms with Crippen LogP contribution in [0.15, 0.2) is 24.3 Å². The van der Waals surface area contributed by atoms with Crippen molar-refractivity contribution >= 4 is 11.6 Å². The Kier molecular flexibility index (Phi) is 4.11. The predicted molar refractivity (Wildman–Crippen MR) is 78.1 cm³/mol. The van der Waals surface area contributed by atoms with Gasteiger partial charge in [0.25, 0.3) is 0 Å². The molecule has 106 valence electrons. The highest BCUT2D eigenvalue weighted by molar-refractivity contribution is 6.30. The first-order valence-electron chi connectivity index (χ1n) is 6.29. The van der Waals surface area contributed by atoms with E-state index in [0.29, 0.717) is 0 Å². The van der Waals surface area contributed by atoms with Crippen LogP contribution in [0, 0.1) is 32.4 Å². The van der Waals surface area contributed by atoms with Crippen molar-refractivity contribution in [1.82, 2.24) is 0 Å². The molecule has 0 aliphatic carbocycles. The van der Waals surface area contributed by atoms with Crippen molar-refractivity contribution in [2.75, 3.05) is 0 Å². The standard InChI is InChI=1S/C16H16ClF2N/c1-8-4-10(3)11(5-9(8)2)16(20)12-6-15(19)13(17)7-14(12)18/h4-7,16H,20H2,1-3H3. The lowest BCUT2D eigenvalue weighted by Crippen LogP contribution is -2.16. The third-order valence-corrected chi connectivity index (χ3v) is 3.88. The maximum absolute atomic E-state index is 13.9. The number of hydrogen-bond donors (Lipinski definition) is 1. The summed E-state index contributed by atoms with van der Waals surface area (Å²) in [6.45, 7) is 5.87. The van der Waals surface area contributed by atoms with Gasteiger partial charge in [0, 0.05) is 5.56 Å². The van der Waals surface area contributed by atoms with Crippen LogP contribution in [0.2, 0.25) is 5.02 Å². The van der Waals surface area contributed by atoms with Gasteiger partial charge in [0.05, 0.1) is 11.1 Å². The summed E-state index contributed by atoms with van der Waals surface area (Å²) in [5.41, 5.74) is 10.2. The maximum atomic E-state index is 13.9. The zero-order chi connectivity index (χ0) is 15.0. The fourth-order valence-corrected chi connectivity index (χ4v) is 2.41. The van der Waals surface area contributed by atoms with Crippen LogP contribution in [0.25, 0.3) is 0 Å². The Labute approximate surface area is 122 Å². The van der Waals surface area contributed by atoms with Gasteiger partial charge < -0.3 is 5.73 Å². The zero-order valence-electron chi connectivity index (χ0n) is 11.6. The minimum atomic E-state index is -0.721. The van der Waals surface area contributed by atoms with E-state index in [1.54, 1.807) is 0 Å². The lowest BCUT2D eigenvalue weighted by molar-refractivity contribution is 0.576.